The van der Waals surface area contributed by atoms with Crippen molar-refractivity contribution in [3.8, 4) is 5.75 Å². The Morgan fingerprint density at radius 3 is 2.57 bits per heavy atom. The summed E-state index contributed by atoms with van der Waals surface area (Å²) in [7, 11) is 1.51. The van der Waals surface area contributed by atoms with Gasteiger partial charge in [0, 0.05) is 5.92 Å². The minimum Gasteiger partial charge on any atom is -0.497 e. The fourth-order valence-electron chi connectivity index (χ4n) is 2.74. The number of primary amides is 1. The largest absolute Gasteiger partial charge is 0.497 e. The summed E-state index contributed by atoms with van der Waals surface area (Å²) in [4.78, 5) is 24.0. The summed E-state index contributed by atoms with van der Waals surface area (Å²) in [5.74, 6) is -0.00165. The fourth-order valence-corrected chi connectivity index (χ4v) is 2.74. The van der Waals surface area contributed by atoms with Crippen LogP contribution in [0.15, 0.2) is 48.5 Å². The van der Waals surface area contributed by atoms with Gasteiger partial charge >= 0.3 is 0 Å². The zero-order valence-electron chi connectivity index (χ0n) is 12.8. The molecule has 1 saturated carbocycles. The first kappa shape index (κ1) is 15.1. The molecule has 2 aromatic carbocycles. The molecule has 2 aromatic rings. The summed E-state index contributed by atoms with van der Waals surface area (Å²) in [5.41, 5.74) is 7.21. The lowest BCUT2D eigenvalue weighted by Crippen LogP contribution is -2.19. The normalized spacial score (nSPS) is 19.0. The van der Waals surface area contributed by atoms with Crippen LogP contribution in [0.2, 0.25) is 0 Å². The molecule has 3 rings (SSSR count). The van der Waals surface area contributed by atoms with E-state index in [-0.39, 0.29) is 23.3 Å². The minimum absolute atomic E-state index is 0.0692. The van der Waals surface area contributed by atoms with Gasteiger partial charge in [-0.3, -0.25) is 9.59 Å². The van der Waals surface area contributed by atoms with Crippen molar-refractivity contribution in [1.82, 2.24) is 0 Å². The Kier molecular flexibility index (Phi) is 4.02. The van der Waals surface area contributed by atoms with Crippen LogP contribution < -0.4 is 15.8 Å². The molecule has 0 aliphatic heterocycles. The molecule has 0 unspecified atom stereocenters. The second-order valence-electron chi connectivity index (χ2n) is 5.62. The predicted octanol–water partition coefficient (Wildman–Crippen LogP) is 2.54. The number of benzene rings is 2. The average Bonchev–Trinajstić information content (AvgIpc) is 3.36. The fraction of sp³-hybridized carbons (Fsp3) is 0.222. The zero-order chi connectivity index (χ0) is 16.4. The number of carbonyl (C=O) groups is 2. The van der Waals surface area contributed by atoms with Crippen LogP contribution in [0, 0.1) is 5.92 Å². The summed E-state index contributed by atoms with van der Waals surface area (Å²) < 4.78 is 5.08. The molecule has 5 nitrogen and oxygen atoms in total. The third-order valence-corrected chi connectivity index (χ3v) is 4.10. The van der Waals surface area contributed by atoms with Crippen molar-refractivity contribution in [1.29, 1.82) is 0 Å². The average molecular weight is 310 g/mol. The Hall–Kier alpha value is -2.82. The Morgan fingerprint density at radius 2 is 1.91 bits per heavy atom. The van der Waals surface area contributed by atoms with Crippen LogP contribution in [0.3, 0.4) is 0 Å². The molecule has 1 aliphatic rings. The van der Waals surface area contributed by atoms with Crippen LogP contribution in [0.4, 0.5) is 5.69 Å². The molecule has 5 heteroatoms. The van der Waals surface area contributed by atoms with Crippen molar-refractivity contribution in [3.63, 3.8) is 0 Å². The first-order chi connectivity index (χ1) is 11.1. The highest BCUT2D eigenvalue weighted by molar-refractivity contribution is 6.04. The van der Waals surface area contributed by atoms with E-state index in [0.717, 1.165) is 12.0 Å². The van der Waals surface area contributed by atoms with Crippen LogP contribution in [-0.2, 0) is 4.79 Å². The minimum atomic E-state index is -0.602. The number of ether oxygens (including phenoxy) is 1. The van der Waals surface area contributed by atoms with E-state index in [1.165, 1.54) is 13.2 Å². The van der Waals surface area contributed by atoms with Crippen molar-refractivity contribution < 1.29 is 14.3 Å². The number of hydrogen-bond acceptors (Lipinski definition) is 3. The number of amides is 2. The Labute approximate surface area is 134 Å². The van der Waals surface area contributed by atoms with Gasteiger partial charge in [-0.1, -0.05) is 30.3 Å². The van der Waals surface area contributed by atoms with E-state index >= 15 is 0 Å². The second kappa shape index (κ2) is 6.12. The molecule has 0 saturated heterocycles. The van der Waals surface area contributed by atoms with E-state index < -0.39 is 5.91 Å². The van der Waals surface area contributed by atoms with Crippen LogP contribution in [0.1, 0.15) is 28.3 Å². The maximum absolute atomic E-state index is 12.4. The summed E-state index contributed by atoms with van der Waals surface area (Å²) in [6, 6.07) is 14.8. The molecule has 118 valence electrons. The third kappa shape index (κ3) is 3.18. The van der Waals surface area contributed by atoms with E-state index in [2.05, 4.69) is 5.32 Å². The van der Waals surface area contributed by atoms with Gasteiger partial charge < -0.3 is 15.8 Å². The molecule has 0 spiro atoms. The number of hydrogen-bond donors (Lipinski definition) is 2. The highest BCUT2D eigenvalue weighted by Gasteiger charge is 2.43. The molecule has 0 heterocycles. The van der Waals surface area contributed by atoms with Gasteiger partial charge in [-0.15, -0.1) is 0 Å². The SMILES string of the molecule is COc1ccc(NC(=O)[C@@H]2C[C@H]2c2ccccc2)c(C(N)=O)c1. The second-order valence-corrected chi connectivity index (χ2v) is 5.62. The van der Waals surface area contributed by atoms with Gasteiger partial charge in [0.25, 0.3) is 5.91 Å². The Bertz CT molecular complexity index is 743. The molecular weight excluding hydrogens is 292 g/mol. The van der Waals surface area contributed by atoms with Crippen LogP contribution in [-0.4, -0.2) is 18.9 Å². The summed E-state index contributed by atoms with van der Waals surface area (Å²) >= 11 is 0. The molecule has 0 bridgehead atoms. The van der Waals surface area contributed by atoms with Crippen molar-refractivity contribution >= 4 is 17.5 Å². The van der Waals surface area contributed by atoms with Crippen LogP contribution >= 0.6 is 0 Å². The zero-order valence-corrected chi connectivity index (χ0v) is 12.8. The number of nitrogens with two attached hydrogens (primary N) is 1. The van der Waals surface area contributed by atoms with Gasteiger partial charge in [0.05, 0.1) is 18.4 Å². The van der Waals surface area contributed by atoms with Crippen molar-refractivity contribution in [2.24, 2.45) is 11.7 Å². The van der Waals surface area contributed by atoms with Gasteiger partial charge in [-0.2, -0.15) is 0 Å². The topological polar surface area (TPSA) is 81.4 Å². The molecule has 2 amide bonds. The molecule has 3 N–H and O–H groups in total. The monoisotopic (exact) mass is 310 g/mol. The number of nitrogens with one attached hydrogen (secondary N) is 1. The molecule has 1 aliphatic carbocycles. The molecule has 1 fully saturated rings. The van der Waals surface area contributed by atoms with Crippen molar-refractivity contribution in [2.75, 3.05) is 12.4 Å². The quantitative estimate of drug-likeness (QED) is 0.890. The maximum atomic E-state index is 12.4. The van der Waals surface area contributed by atoms with E-state index in [0.29, 0.717) is 11.4 Å². The summed E-state index contributed by atoms with van der Waals surface area (Å²) in [6.07, 6.45) is 0.817. The molecule has 0 radical (unpaired) electrons. The summed E-state index contributed by atoms with van der Waals surface area (Å²) in [5, 5.41) is 2.81. The van der Waals surface area contributed by atoms with Crippen molar-refractivity contribution in [3.05, 3.63) is 59.7 Å². The number of rotatable bonds is 5. The standard InChI is InChI=1S/C18H18N2O3/c1-23-12-7-8-16(15(9-12)17(19)21)20-18(22)14-10-13(14)11-5-3-2-4-6-11/h2-9,13-14H,10H2,1H3,(H2,19,21)(H,20,22)/t13-,14+/m0/s1. The lowest BCUT2D eigenvalue weighted by molar-refractivity contribution is -0.117. The highest BCUT2D eigenvalue weighted by Crippen LogP contribution is 2.48. The van der Waals surface area contributed by atoms with Gasteiger partial charge in [0.15, 0.2) is 0 Å². The van der Waals surface area contributed by atoms with E-state index in [1.807, 2.05) is 30.3 Å². The smallest absolute Gasteiger partial charge is 0.250 e. The summed E-state index contributed by atoms with van der Waals surface area (Å²) in [6.45, 7) is 0. The van der Waals surface area contributed by atoms with Gasteiger partial charge in [-0.25, -0.2) is 0 Å². The predicted molar refractivity (Wildman–Crippen MR) is 87.4 cm³/mol. The molecule has 0 aromatic heterocycles. The van der Waals surface area contributed by atoms with E-state index in [9.17, 15) is 9.59 Å². The number of anilines is 1. The third-order valence-electron chi connectivity index (χ3n) is 4.10. The number of carbonyl (C=O) groups excluding carboxylic acids is 2. The number of methoxy groups -OCH3 is 1. The first-order valence-corrected chi connectivity index (χ1v) is 7.44. The maximum Gasteiger partial charge on any atom is 0.250 e. The van der Waals surface area contributed by atoms with E-state index in [1.54, 1.807) is 12.1 Å². The molecule has 23 heavy (non-hydrogen) atoms. The lowest BCUT2D eigenvalue weighted by atomic mass is 10.1. The highest BCUT2D eigenvalue weighted by atomic mass is 16.5. The van der Waals surface area contributed by atoms with Gasteiger partial charge in [0.1, 0.15) is 5.75 Å². The first-order valence-electron chi connectivity index (χ1n) is 7.44. The van der Waals surface area contributed by atoms with E-state index in [4.69, 9.17) is 10.5 Å². The lowest BCUT2D eigenvalue weighted by Gasteiger charge is -2.10. The molecule has 2 atom stereocenters. The Morgan fingerprint density at radius 1 is 1.17 bits per heavy atom. The van der Waals surface area contributed by atoms with Crippen molar-refractivity contribution in [2.45, 2.75) is 12.3 Å². The van der Waals surface area contributed by atoms with Crippen LogP contribution in [0.5, 0.6) is 5.75 Å². The van der Waals surface area contributed by atoms with Gasteiger partial charge in [0.2, 0.25) is 5.91 Å². The Balaban J connectivity index is 1.73. The van der Waals surface area contributed by atoms with Gasteiger partial charge in [-0.05, 0) is 36.1 Å². The molecular formula is C18H18N2O3. The van der Waals surface area contributed by atoms with Crippen LogP contribution in [0.25, 0.3) is 0 Å².